The summed E-state index contributed by atoms with van der Waals surface area (Å²) in [4.78, 5) is 23.8. The third-order valence-corrected chi connectivity index (χ3v) is 5.21. The van der Waals surface area contributed by atoms with Crippen molar-refractivity contribution < 1.29 is 18.7 Å². The van der Waals surface area contributed by atoms with Gasteiger partial charge in [0.2, 0.25) is 0 Å². The highest BCUT2D eigenvalue weighted by molar-refractivity contribution is 6.30. The third kappa shape index (κ3) is 4.24. The second-order valence-corrected chi connectivity index (χ2v) is 7.21. The van der Waals surface area contributed by atoms with Gasteiger partial charge in [-0.1, -0.05) is 18.5 Å². The first-order chi connectivity index (χ1) is 11.9. The number of rotatable bonds is 7. The number of alkyl halides is 1. The molecule has 0 aromatic heterocycles. The SMILES string of the molecule is CCC1C(NC(=O)COc2ccc(Cl)cc2)CC1NC(=O)C1(F)CC1. The minimum Gasteiger partial charge on any atom is -0.484 e. The normalized spacial score (nSPS) is 26.3. The van der Waals surface area contributed by atoms with Crippen molar-refractivity contribution in [3.63, 3.8) is 0 Å². The fourth-order valence-corrected chi connectivity index (χ4v) is 3.30. The summed E-state index contributed by atoms with van der Waals surface area (Å²) in [7, 11) is 0. The zero-order valence-electron chi connectivity index (χ0n) is 14.1. The van der Waals surface area contributed by atoms with Gasteiger partial charge in [-0.2, -0.15) is 0 Å². The van der Waals surface area contributed by atoms with Crippen LogP contribution < -0.4 is 15.4 Å². The van der Waals surface area contributed by atoms with Crippen LogP contribution in [-0.2, 0) is 9.59 Å². The Morgan fingerprint density at radius 1 is 1.24 bits per heavy atom. The lowest BCUT2D eigenvalue weighted by Crippen LogP contribution is -2.62. The predicted molar refractivity (Wildman–Crippen MR) is 92.3 cm³/mol. The van der Waals surface area contributed by atoms with Gasteiger partial charge in [-0.3, -0.25) is 9.59 Å². The molecule has 1 aromatic rings. The van der Waals surface area contributed by atoms with Crippen LogP contribution in [0.3, 0.4) is 0 Å². The Morgan fingerprint density at radius 2 is 1.88 bits per heavy atom. The van der Waals surface area contributed by atoms with Crippen LogP contribution in [0, 0.1) is 5.92 Å². The van der Waals surface area contributed by atoms with Crippen LogP contribution in [0.15, 0.2) is 24.3 Å². The molecule has 0 spiro atoms. The molecule has 3 unspecified atom stereocenters. The number of carbonyl (C=O) groups is 2. The van der Waals surface area contributed by atoms with E-state index in [9.17, 15) is 14.0 Å². The monoisotopic (exact) mass is 368 g/mol. The molecule has 0 saturated heterocycles. The summed E-state index contributed by atoms with van der Waals surface area (Å²) in [5.74, 6) is -0.0343. The molecule has 2 N–H and O–H groups in total. The minimum atomic E-state index is -1.65. The molecule has 3 rings (SSSR count). The van der Waals surface area contributed by atoms with Gasteiger partial charge in [0.15, 0.2) is 12.3 Å². The number of hydrogen-bond acceptors (Lipinski definition) is 3. The molecule has 0 radical (unpaired) electrons. The smallest absolute Gasteiger partial charge is 0.258 e. The fourth-order valence-electron chi connectivity index (χ4n) is 3.17. The van der Waals surface area contributed by atoms with Gasteiger partial charge in [0.25, 0.3) is 11.8 Å². The molecule has 2 amide bonds. The summed E-state index contributed by atoms with van der Waals surface area (Å²) in [5.41, 5.74) is -1.65. The van der Waals surface area contributed by atoms with Crippen LogP contribution in [0.25, 0.3) is 0 Å². The Bertz CT molecular complexity index is 648. The van der Waals surface area contributed by atoms with Gasteiger partial charge >= 0.3 is 0 Å². The summed E-state index contributed by atoms with van der Waals surface area (Å²) >= 11 is 5.80. The molecule has 136 valence electrons. The highest BCUT2D eigenvalue weighted by Gasteiger charge is 2.53. The van der Waals surface area contributed by atoms with E-state index in [2.05, 4.69) is 10.6 Å². The van der Waals surface area contributed by atoms with Crippen LogP contribution in [0.1, 0.15) is 32.6 Å². The van der Waals surface area contributed by atoms with Gasteiger partial charge in [0.05, 0.1) is 0 Å². The maximum absolute atomic E-state index is 13.7. The number of benzene rings is 1. The fraction of sp³-hybridized carbons (Fsp3) is 0.556. The second kappa shape index (κ2) is 7.20. The Kier molecular flexibility index (Phi) is 5.18. The van der Waals surface area contributed by atoms with E-state index < -0.39 is 11.6 Å². The molecule has 0 heterocycles. The molecular formula is C18H22ClFN2O3. The van der Waals surface area contributed by atoms with Crippen molar-refractivity contribution in [1.29, 1.82) is 0 Å². The van der Waals surface area contributed by atoms with Crippen LogP contribution in [0.5, 0.6) is 5.75 Å². The lowest BCUT2D eigenvalue weighted by Gasteiger charge is -2.45. The van der Waals surface area contributed by atoms with E-state index in [1.807, 2.05) is 6.92 Å². The number of carbonyl (C=O) groups excluding carboxylic acids is 2. The zero-order chi connectivity index (χ0) is 18.0. The number of hydrogen-bond donors (Lipinski definition) is 2. The van der Waals surface area contributed by atoms with Crippen molar-refractivity contribution >= 4 is 23.4 Å². The standard InChI is InChI=1S/C18H22ClFN2O3/c1-2-13-14(9-15(13)22-17(24)18(20)7-8-18)21-16(23)10-25-12-5-3-11(19)4-6-12/h3-6,13-15H,2,7-10H2,1H3,(H,21,23)(H,22,24). The average molecular weight is 369 g/mol. The molecular weight excluding hydrogens is 347 g/mol. The molecule has 5 nitrogen and oxygen atoms in total. The Labute approximate surface area is 151 Å². The summed E-state index contributed by atoms with van der Waals surface area (Å²) in [6.45, 7) is 1.91. The first-order valence-corrected chi connectivity index (χ1v) is 8.96. The van der Waals surface area contributed by atoms with E-state index in [0.29, 0.717) is 30.0 Å². The maximum atomic E-state index is 13.7. The van der Waals surface area contributed by atoms with Gasteiger partial charge < -0.3 is 15.4 Å². The van der Waals surface area contributed by atoms with Crippen LogP contribution in [-0.4, -0.2) is 36.2 Å². The molecule has 0 bridgehead atoms. The number of nitrogens with one attached hydrogen (secondary N) is 2. The summed E-state index contributed by atoms with van der Waals surface area (Å²) < 4.78 is 19.1. The molecule has 25 heavy (non-hydrogen) atoms. The minimum absolute atomic E-state index is 0.0219. The van der Waals surface area contributed by atoms with Crippen molar-refractivity contribution in [3.05, 3.63) is 29.3 Å². The highest BCUT2D eigenvalue weighted by Crippen LogP contribution is 2.41. The van der Waals surface area contributed by atoms with Crippen molar-refractivity contribution in [1.82, 2.24) is 10.6 Å². The molecule has 2 saturated carbocycles. The third-order valence-electron chi connectivity index (χ3n) is 4.96. The topological polar surface area (TPSA) is 67.4 Å². The second-order valence-electron chi connectivity index (χ2n) is 6.77. The lowest BCUT2D eigenvalue weighted by atomic mass is 9.72. The van der Waals surface area contributed by atoms with Gasteiger partial charge in [0, 0.05) is 17.1 Å². The quantitative estimate of drug-likeness (QED) is 0.777. The predicted octanol–water partition coefficient (Wildman–Crippen LogP) is 2.62. The largest absolute Gasteiger partial charge is 0.484 e. The molecule has 2 fully saturated rings. The van der Waals surface area contributed by atoms with Gasteiger partial charge in [0.1, 0.15) is 5.75 Å². The van der Waals surface area contributed by atoms with Gasteiger partial charge in [-0.25, -0.2) is 4.39 Å². The lowest BCUT2D eigenvalue weighted by molar-refractivity contribution is -0.130. The summed E-state index contributed by atoms with van der Waals surface area (Å²) in [5, 5.41) is 6.30. The first-order valence-electron chi connectivity index (χ1n) is 8.59. The van der Waals surface area contributed by atoms with Crippen molar-refractivity contribution in [2.24, 2.45) is 5.92 Å². The molecule has 0 aliphatic heterocycles. The Balaban J connectivity index is 1.42. The number of amides is 2. The van der Waals surface area contributed by atoms with E-state index in [-0.39, 0.29) is 30.5 Å². The zero-order valence-corrected chi connectivity index (χ0v) is 14.8. The van der Waals surface area contributed by atoms with Crippen LogP contribution in [0.4, 0.5) is 4.39 Å². The highest BCUT2D eigenvalue weighted by atomic mass is 35.5. The molecule has 2 aliphatic rings. The number of ether oxygens (including phenoxy) is 1. The maximum Gasteiger partial charge on any atom is 0.258 e. The molecule has 2 aliphatic carbocycles. The molecule has 7 heteroatoms. The molecule has 1 aromatic carbocycles. The van der Waals surface area contributed by atoms with E-state index in [4.69, 9.17) is 16.3 Å². The van der Waals surface area contributed by atoms with Crippen LogP contribution >= 0.6 is 11.6 Å². The van der Waals surface area contributed by atoms with E-state index in [1.165, 1.54) is 0 Å². The first kappa shape index (κ1) is 18.0. The van der Waals surface area contributed by atoms with E-state index in [0.717, 1.165) is 6.42 Å². The van der Waals surface area contributed by atoms with Crippen molar-refractivity contribution in [2.45, 2.75) is 50.4 Å². The van der Waals surface area contributed by atoms with Crippen molar-refractivity contribution in [3.8, 4) is 5.75 Å². The van der Waals surface area contributed by atoms with Gasteiger partial charge in [-0.05, 0) is 55.9 Å². The Hall–Kier alpha value is -1.82. The number of halogens is 2. The summed E-state index contributed by atoms with van der Waals surface area (Å²) in [6.07, 6.45) is 2.04. The molecule has 3 atom stereocenters. The van der Waals surface area contributed by atoms with Crippen molar-refractivity contribution in [2.75, 3.05) is 6.61 Å². The summed E-state index contributed by atoms with van der Waals surface area (Å²) in [6, 6.07) is 6.69. The van der Waals surface area contributed by atoms with Crippen LogP contribution in [0.2, 0.25) is 5.02 Å². The van der Waals surface area contributed by atoms with E-state index >= 15 is 0 Å². The van der Waals surface area contributed by atoms with Gasteiger partial charge in [-0.15, -0.1) is 0 Å². The Morgan fingerprint density at radius 3 is 2.48 bits per heavy atom. The van der Waals surface area contributed by atoms with E-state index in [1.54, 1.807) is 24.3 Å². The average Bonchev–Trinajstić information content (AvgIpc) is 3.32.